The number of hydrogen-bond donors (Lipinski definition) is 0. The molecule has 0 N–H and O–H groups in total. The van der Waals surface area contributed by atoms with Crippen LogP contribution in [0.5, 0.6) is 0 Å². The van der Waals surface area contributed by atoms with E-state index in [9.17, 15) is 4.79 Å². The summed E-state index contributed by atoms with van der Waals surface area (Å²) in [4.78, 5) is 10.6. The molecule has 0 atom stereocenters. The Labute approximate surface area is 101 Å². The Morgan fingerprint density at radius 2 is 2.19 bits per heavy atom. The summed E-state index contributed by atoms with van der Waals surface area (Å²) in [5, 5.41) is 7.73. The summed E-state index contributed by atoms with van der Waals surface area (Å²) in [6.45, 7) is 2.44. The van der Waals surface area contributed by atoms with Gasteiger partial charge in [0.2, 0.25) is 0 Å². The third-order valence-corrected chi connectivity index (χ3v) is 3.18. The second-order valence-corrected chi connectivity index (χ2v) is 4.28. The van der Waals surface area contributed by atoms with Gasteiger partial charge in [0.25, 0.3) is 0 Å². The Bertz CT molecular complexity index is 522. The smallest absolute Gasteiger partial charge is 0.172 e. The molecule has 1 aromatic heterocycles. The second-order valence-electron chi connectivity index (χ2n) is 3.43. The molecule has 0 saturated heterocycles. The van der Waals surface area contributed by atoms with Gasteiger partial charge in [0.1, 0.15) is 5.69 Å². The molecule has 4 nitrogen and oxygen atoms in total. The van der Waals surface area contributed by atoms with Crippen molar-refractivity contribution >= 4 is 22.2 Å². The van der Waals surface area contributed by atoms with Gasteiger partial charge in [-0.3, -0.25) is 4.79 Å². The molecular weight excluding hydrogens is 270 g/mol. The largest absolute Gasteiger partial charge is 0.296 e. The second kappa shape index (κ2) is 4.57. The minimum Gasteiger partial charge on any atom is -0.296 e. The Morgan fingerprint density at radius 3 is 2.81 bits per heavy atom. The van der Waals surface area contributed by atoms with E-state index in [1.54, 1.807) is 4.68 Å². The van der Waals surface area contributed by atoms with Crippen LogP contribution in [0, 0.1) is 6.92 Å². The van der Waals surface area contributed by atoms with Gasteiger partial charge in [-0.05, 0) is 18.6 Å². The molecule has 0 aliphatic heterocycles. The Balaban J connectivity index is 2.31. The summed E-state index contributed by atoms with van der Waals surface area (Å²) in [6, 6.07) is 7.90. The lowest BCUT2D eigenvalue weighted by atomic mass is 10.2. The van der Waals surface area contributed by atoms with E-state index in [0.29, 0.717) is 12.2 Å². The van der Waals surface area contributed by atoms with Gasteiger partial charge >= 0.3 is 0 Å². The van der Waals surface area contributed by atoms with Crippen molar-refractivity contribution in [2.75, 3.05) is 0 Å². The maximum atomic E-state index is 10.6. The average molecular weight is 280 g/mol. The molecule has 82 valence electrons. The fourth-order valence-electron chi connectivity index (χ4n) is 1.42. The van der Waals surface area contributed by atoms with Gasteiger partial charge in [-0.25, -0.2) is 4.68 Å². The molecule has 1 heterocycles. The van der Waals surface area contributed by atoms with E-state index in [1.807, 2.05) is 31.2 Å². The molecule has 1 aromatic carbocycles. The van der Waals surface area contributed by atoms with Gasteiger partial charge in [-0.1, -0.05) is 39.3 Å². The number of hydrogen-bond acceptors (Lipinski definition) is 3. The summed E-state index contributed by atoms with van der Waals surface area (Å²) < 4.78 is 2.74. The number of carbonyl (C=O) groups is 1. The summed E-state index contributed by atoms with van der Waals surface area (Å²) >= 11 is 3.47. The highest BCUT2D eigenvalue weighted by atomic mass is 79.9. The van der Waals surface area contributed by atoms with Crippen molar-refractivity contribution in [1.29, 1.82) is 0 Å². The van der Waals surface area contributed by atoms with Crippen LogP contribution in [0.4, 0.5) is 0 Å². The van der Waals surface area contributed by atoms with Crippen molar-refractivity contribution in [2.24, 2.45) is 0 Å². The van der Waals surface area contributed by atoms with Gasteiger partial charge in [0.15, 0.2) is 6.29 Å². The monoisotopic (exact) mass is 279 g/mol. The quantitative estimate of drug-likeness (QED) is 0.810. The number of aromatic nitrogens is 3. The van der Waals surface area contributed by atoms with Gasteiger partial charge < -0.3 is 0 Å². The number of halogens is 1. The third kappa shape index (κ3) is 2.04. The fraction of sp³-hybridized carbons (Fsp3) is 0.182. The topological polar surface area (TPSA) is 47.8 Å². The normalized spacial score (nSPS) is 10.4. The van der Waals surface area contributed by atoms with E-state index >= 15 is 0 Å². The van der Waals surface area contributed by atoms with Crippen molar-refractivity contribution in [1.82, 2.24) is 15.0 Å². The van der Waals surface area contributed by atoms with Crippen LogP contribution in [0.3, 0.4) is 0 Å². The fourth-order valence-corrected chi connectivity index (χ4v) is 1.83. The molecule has 0 fully saturated rings. The molecule has 0 saturated carbocycles. The molecule has 0 spiro atoms. The Morgan fingerprint density at radius 1 is 1.44 bits per heavy atom. The zero-order chi connectivity index (χ0) is 11.5. The summed E-state index contributed by atoms with van der Waals surface area (Å²) in [6.07, 6.45) is 0.721. The predicted molar refractivity (Wildman–Crippen MR) is 63.4 cm³/mol. The molecule has 0 amide bonds. The first-order valence-corrected chi connectivity index (χ1v) is 5.60. The summed E-state index contributed by atoms with van der Waals surface area (Å²) in [7, 11) is 0. The van der Waals surface area contributed by atoms with E-state index in [2.05, 4.69) is 26.2 Å². The van der Waals surface area contributed by atoms with Gasteiger partial charge in [0.05, 0.1) is 12.2 Å². The lowest BCUT2D eigenvalue weighted by Crippen LogP contribution is -2.04. The van der Waals surface area contributed by atoms with Gasteiger partial charge in [-0.2, -0.15) is 0 Å². The number of rotatable bonds is 3. The molecule has 2 aromatic rings. The first-order valence-electron chi connectivity index (χ1n) is 4.81. The molecule has 16 heavy (non-hydrogen) atoms. The van der Waals surface area contributed by atoms with Crippen molar-refractivity contribution in [3.8, 4) is 0 Å². The van der Waals surface area contributed by atoms with E-state index in [-0.39, 0.29) is 0 Å². The highest BCUT2D eigenvalue weighted by molar-refractivity contribution is 9.10. The first kappa shape index (κ1) is 11.0. The van der Waals surface area contributed by atoms with Gasteiger partial charge in [-0.15, -0.1) is 5.10 Å². The van der Waals surface area contributed by atoms with Crippen LogP contribution < -0.4 is 0 Å². The lowest BCUT2D eigenvalue weighted by molar-refractivity contribution is 0.111. The van der Waals surface area contributed by atoms with Gasteiger partial charge in [0, 0.05) is 4.47 Å². The maximum Gasteiger partial charge on any atom is 0.172 e. The summed E-state index contributed by atoms with van der Waals surface area (Å²) in [5.74, 6) is 0. The van der Waals surface area contributed by atoms with E-state index in [4.69, 9.17) is 0 Å². The number of nitrogens with zero attached hydrogens (tertiary/aromatic N) is 3. The molecule has 0 unspecified atom stereocenters. The van der Waals surface area contributed by atoms with E-state index in [0.717, 1.165) is 22.0 Å². The van der Waals surface area contributed by atoms with Crippen molar-refractivity contribution < 1.29 is 4.79 Å². The molecule has 2 rings (SSSR count). The number of benzene rings is 1. The molecule has 0 aliphatic rings. The lowest BCUT2D eigenvalue weighted by Gasteiger charge is -2.05. The zero-order valence-corrected chi connectivity index (χ0v) is 10.3. The molecular formula is C11H10BrN3O. The predicted octanol–water partition coefficient (Wildman–Crippen LogP) is 2.21. The van der Waals surface area contributed by atoms with Crippen LogP contribution in [0.25, 0.3) is 0 Å². The summed E-state index contributed by atoms with van der Waals surface area (Å²) in [5.41, 5.74) is 2.28. The van der Waals surface area contributed by atoms with Crippen molar-refractivity contribution in [3.05, 3.63) is 45.7 Å². The molecule has 5 heteroatoms. The first-order chi connectivity index (χ1) is 7.72. The van der Waals surface area contributed by atoms with Crippen LogP contribution >= 0.6 is 15.9 Å². The maximum absolute atomic E-state index is 10.6. The van der Waals surface area contributed by atoms with E-state index < -0.39 is 0 Å². The number of carbonyl (C=O) groups excluding carboxylic acids is 1. The van der Waals surface area contributed by atoms with E-state index in [1.165, 1.54) is 0 Å². The third-order valence-electron chi connectivity index (χ3n) is 2.41. The number of aldehydes is 1. The molecule has 0 bridgehead atoms. The van der Waals surface area contributed by atoms with Crippen LogP contribution in [0.1, 0.15) is 21.7 Å². The minimum atomic E-state index is 0.395. The van der Waals surface area contributed by atoms with Crippen LogP contribution in [-0.4, -0.2) is 21.3 Å². The minimum absolute atomic E-state index is 0.395. The van der Waals surface area contributed by atoms with Crippen LogP contribution in [-0.2, 0) is 6.54 Å². The SMILES string of the molecule is Cc1c(C=O)nnn1Cc1ccccc1Br. The zero-order valence-electron chi connectivity index (χ0n) is 8.72. The molecule has 0 aliphatic carbocycles. The highest BCUT2D eigenvalue weighted by Gasteiger charge is 2.08. The van der Waals surface area contributed by atoms with Crippen molar-refractivity contribution in [2.45, 2.75) is 13.5 Å². The van der Waals surface area contributed by atoms with Crippen LogP contribution in [0.2, 0.25) is 0 Å². The molecule has 0 radical (unpaired) electrons. The highest BCUT2D eigenvalue weighted by Crippen LogP contribution is 2.17. The van der Waals surface area contributed by atoms with Crippen molar-refractivity contribution in [3.63, 3.8) is 0 Å². The Kier molecular flexibility index (Phi) is 3.14. The average Bonchev–Trinajstić information content (AvgIpc) is 2.63. The standard InChI is InChI=1S/C11H10BrN3O/c1-8-11(7-16)13-14-15(8)6-9-4-2-3-5-10(9)12/h2-5,7H,6H2,1H3. The Hall–Kier alpha value is -1.49. The van der Waals surface area contributed by atoms with Crippen LogP contribution in [0.15, 0.2) is 28.7 Å².